The Bertz CT molecular complexity index is 995. The molecular weight excluding hydrogens is 334 g/mol. The molecule has 0 unspecified atom stereocenters. The van der Waals surface area contributed by atoms with Crippen molar-refractivity contribution >= 4 is 33.3 Å². The molecule has 4 rings (SSSR count). The molecule has 1 N–H and O–H groups in total. The van der Waals surface area contributed by atoms with E-state index in [4.69, 9.17) is 0 Å². The van der Waals surface area contributed by atoms with Crippen molar-refractivity contribution in [3.8, 4) is 0 Å². The third kappa shape index (κ3) is 3.41. The Balaban J connectivity index is 1.51. The highest BCUT2D eigenvalue weighted by Gasteiger charge is 2.11. The molecule has 25 heavy (non-hydrogen) atoms. The predicted octanol–water partition coefficient (Wildman–Crippen LogP) is 3.38. The first-order chi connectivity index (χ1) is 12.3. The van der Waals surface area contributed by atoms with Gasteiger partial charge in [-0.3, -0.25) is 9.78 Å². The number of fused-ring (bicyclic) bond motifs is 1. The van der Waals surface area contributed by atoms with Crippen LogP contribution in [0.3, 0.4) is 0 Å². The van der Waals surface area contributed by atoms with E-state index < -0.39 is 0 Å². The maximum atomic E-state index is 12.3. The Morgan fingerprint density at radius 2 is 2.04 bits per heavy atom. The van der Waals surface area contributed by atoms with Gasteiger partial charge in [-0.1, -0.05) is 35.5 Å². The summed E-state index contributed by atoms with van der Waals surface area (Å²) in [6.45, 7) is 0.743. The van der Waals surface area contributed by atoms with Crippen LogP contribution < -0.4 is 5.32 Å². The largest absolute Gasteiger partial charge is 0.312 e. The summed E-state index contributed by atoms with van der Waals surface area (Å²) < 4.78 is 1.87. The average molecular weight is 349 g/mol. The average Bonchev–Trinajstić information content (AvgIpc) is 3.30. The first-order valence-corrected chi connectivity index (χ1v) is 8.74. The second-order valence-electron chi connectivity index (χ2n) is 5.57. The van der Waals surface area contributed by atoms with Crippen LogP contribution in [0.5, 0.6) is 0 Å². The van der Waals surface area contributed by atoms with Crippen LogP contribution in [0.4, 0.5) is 5.00 Å². The lowest BCUT2D eigenvalue weighted by Gasteiger charge is -2.04. The molecule has 2 heterocycles. The van der Waals surface area contributed by atoms with Gasteiger partial charge in [0.25, 0.3) is 5.91 Å². The molecular formula is C18H15N5OS. The van der Waals surface area contributed by atoms with Crippen molar-refractivity contribution in [1.82, 2.24) is 20.0 Å². The molecule has 4 aromatic rings. The van der Waals surface area contributed by atoms with Gasteiger partial charge in [0.05, 0.1) is 17.2 Å². The number of rotatable bonds is 5. The van der Waals surface area contributed by atoms with Gasteiger partial charge in [0, 0.05) is 12.1 Å². The normalized spacial score (nSPS) is 10.9. The van der Waals surface area contributed by atoms with E-state index in [1.807, 2.05) is 28.9 Å². The van der Waals surface area contributed by atoms with Crippen molar-refractivity contribution in [3.63, 3.8) is 0 Å². The van der Waals surface area contributed by atoms with Crippen LogP contribution in [-0.2, 0) is 13.0 Å². The Morgan fingerprint density at radius 3 is 2.84 bits per heavy atom. The molecule has 0 bridgehead atoms. The molecule has 2 aromatic heterocycles. The van der Waals surface area contributed by atoms with E-state index in [1.54, 1.807) is 23.8 Å². The summed E-state index contributed by atoms with van der Waals surface area (Å²) in [5, 5.41) is 11.9. The standard InChI is InChI=1S/C18H15N5OS/c24-18(20-17-11-19-12-25-17)14-6-7-16-15(10-14)21-22-23(16)9-8-13-4-2-1-3-5-13/h1-7,10-12H,8-9H2,(H,20,24). The number of nitrogens with zero attached hydrogens (tertiary/aromatic N) is 4. The third-order valence-corrected chi connectivity index (χ3v) is 4.59. The highest BCUT2D eigenvalue weighted by atomic mass is 32.1. The molecule has 2 aromatic carbocycles. The number of benzene rings is 2. The number of thiazole rings is 1. The van der Waals surface area contributed by atoms with Crippen LogP contribution in [0.1, 0.15) is 15.9 Å². The van der Waals surface area contributed by atoms with E-state index in [1.165, 1.54) is 16.9 Å². The molecule has 0 saturated heterocycles. The highest BCUT2D eigenvalue weighted by molar-refractivity contribution is 7.14. The Labute approximate surface area is 148 Å². The van der Waals surface area contributed by atoms with Gasteiger partial charge in [0.2, 0.25) is 0 Å². The summed E-state index contributed by atoms with van der Waals surface area (Å²) in [7, 11) is 0. The van der Waals surface area contributed by atoms with E-state index in [0.29, 0.717) is 11.1 Å². The smallest absolute Gasteiger partial charge is 0.256 e. The van der Waals surface area contributed by atoms with E-state index in [2.05, 4.69) is 32.7 Å². The minimum Gasteiger partial charge on any atom is -0.312 e. The minimum atomic E-state index is -0.176. The predicted molar refractivity (Wildman–Crippen MR) is 97.7 cm³/mol. The van der Waals surface area contributed by atoms with Gasteiger partial charge >= 0.3 is 0 Å². The van der Waals surface area contributed by atoms with Crippen molar-refractivity contribution in [3.05, 3.63) is 71.4 Å². The van der Waals surface area contributed by atoms with Gasteiger partial charge in [-0.25, -0.2) is 4.68 Å². The topological polar surface area (TPSA) is 72.7 Å². The molecule has 1 amide bonds. The van der Waals surface area contributed by atoms with E-state index in [0.717, 1.165) is 23.5 Å². The van der Waals surface area contributed by atoms with Crippen molar-refractivity contribution in [2.24, 2.45) is 0 Å². The number of amides is 1. The maximum absolute atomic E-state index is 12.3. The van der Waals surface area contributed by atoms with Crippen molar-refractivity contribution < 1.29 is 4.79 Å². The molecule has 0 saturated carbocycles. The molecule has 124 valence electrons. The zero-order chi connectivity index (χ0) is 17.1. The van der Waals surface area contributed by atoms with E-state index in [9.17, 15) is 4.79 Å². The van der Waals surface area contributed by atoms with Crippen molar-refractivity contribution in [2.45, 2.75) is 13.0 Å². The van der Waals surface area contributed by atoms with Crippen molar-refractivity contribution in [1.29, 1.82) is 0 Å². The molecule has 0 atom stereocenters. The lowest BCUT2D eigenvalue weighted by molar-refractivity contribution is 0.102. The van der Waals surface area contributed by atoms with Gasteiger partial charge in [-0.2, -0.15) is 0 Å². The number of carbonyl (C=O) groups excluding carboxylic acids is 1. The van der Waals surface area contributed by atoms with Gasteiger partial charge in [0.15, 0.2) is 0 Å². The number of carbonyl (C=O) groups is 1. The Morgan fingerprint density at radius 1 is 1.16 bits per heavy atom. The highest BCUT2D eigenvalue weighted by Crippen LogP contribution is 2.17. The molecule has 7 heteroatoms. The zero-order valence-electron chi connectivity index (χ0n) is 13.3. The maximum Gasteiger partial charge on any atom is 0.256 e. The second-order valence-corrected chi connectivity index (χ2v) is 6.46. The monoisotopic (exact) mass is 349 g/mol. The number of hydrogen-bond acceptors (Lipinski definition) is 5. The number of hydrogen-bond donors (Lipinski definition) is 1. The molecule has 0 fully saturated rings. The Hall–Kier alpha value is -3.06. The molecule has 6 nitrogen and oxygen atoms in total. The molecule has 0 aliphatic heterocycles. The fourth-order valence-electron chi connectivity index (χ4n) is 2.62. The third-order valence-electron chi connectivity index (χ3n) is 3.90. The van der Waals surface area contributed by atoms with Gasteiger partial charge in [-0.15, -0.1) is 16.4 Å². The Kier molecular flexibility index (Phi) is 4.22. The van der Waals surface area contributed by atoms with Crippen LogP contribution in [0, 0.1) is 0 Å². The summed E-state index contributed by atoms with van der Waals surface area (Å²) >= 11 is 1.38. The van der Waals surface area contributed by atoms with E-state index >= 15 is 0 Å². The zero-order valence-corrected chi connectivity index (χ0v) is 14.1. The van der Waals surface area contributed by atoms with Gasteiger partial charge in [-0.05, 0) is 30.2 Å². The van der Waals surface area contributed by atoms with Crippen LogP contribution in [-0.4, -0.2) is 25.9 Å². The summed E-state index contributed by atoms with van der Waals surface area (Å²) in [4.78, 5) is 16.2. The van der Waals surface area contributed by atoms with Crippen LogP contribution in [0.15, 0.2) is 60.2 Å². The minimum absolute atomic E-state index is 0.176. The molecule has 0 aliphatic carbocycles. The summed E-state index contributed by atoms with van der Waals surface area (Å²) in [6, 6.07) is 15.7. The van der Waals surface area contributed by atoms with Gasteiger partial charge < -0.3 is 5.32 Å². The van der Waals surface area contributed by atoms with Crippen LogP contribution >= 0.6 is 11.3 Å². The lowest BCUT2D eigenvalue weighted by Crippen LogP contribution is -2.10. The second kappa shape index (κ2) is 6.82. The number of aryl methyl sites for hydroxylation is 2. The lowest BCUT2D eigenvalue weighted by atomic mass is 10.1. The van der Waals surface area contributed by atoms with E-state index in [-0.39, 0.29) is 5.91 Å². The molecule has 0 aliphatic rings. The first kappa shape index (κ1) is 15.5. The molecule has 0 radical (unpaired) electrons. The van der Waals surface area contributed by atoms with Crippen LogP contribution in [0.25, 0.3) is 11.0 Å². The number of aromatic nitrogens is 4. The SMILES string of the molecule is O=C(Nc1cncs1)c1ccc2c(c1)nnn2CCc1ccccc1. The van der Waals surface area contributed by atoms with Crippen molar-refractivity contribution in [2.75, 3.05) is 5.32 Å². The number of anilines is 1. The summed E-state index contributed by atoms with van der Waals surface area (Å²) in [5.74, 6) is -0.176. The fourth-order valence-corrected chi connectivity index (χ4v) is 3.13. The fraction of sp³-hybridized carbons (Fsp3) is 0.111. The summed E-state index contributed by atoms with van der Waals surface area (Å²) in [5.41, 5.74) is 5.12. The van der Waals surface area contributed by atoms with Gasteiger partial charge in [0.1, 0.15) is 10.5 Å². The quantitative estimate of drug-likeness (QED) is 0.599. The summed E-state index contributed by atoms with van der Waals surface area (Å²) in [6.07, 6.45) is 2.51. The molecule has 0 spiro atoms. The first-order valence-electron chi connectivity index (χ1n) is 7.86. The van der Waals surface area contributed by atoms with Crippen LogP contribution in [0.2, 0.25) is 0 Å². The number of nitrogens with one attached hydrogen (secondary N) is 1.